The van der Waals surface area contributed by atoms with Gasteiger partial charge in [-0.2, -0.15) is 0 Å². The van der Waals surface area contributed by atoms with Gasteiger partial charge in [-0.15, -0.1) is 0 Å². The van der Waals surface area contributed by atoms with Crippen LogP contribution in [0.4, 0.5) is 0 Å². The van der Waals surface area contributed by atoms with Crippen LogP contribution in [0.25, 0.3) is 0 Å². The number of carbonyl (C=O) groups is 1. The molecule has 0 saturated carbocycles. The minimum atomic E-state index is -0.122. The molecule has 15 heavy (non-hydrogen) atoms. The number of hydrogen-bond acceptors (Lipinski definition) is 3. The molecule has 0 aliphatic carbocycles. The SMILES string of the molecule is CCCN(CCC)C(=O)C1COCC1N. The maximum atomic E-state index is 12.1. The summed E-state index contributed by atoms with van der Waals surface area (Å²) in [4.78, 5) is 14.0. The van der Waals surface area contributed by atoms with Crippen LogP contribution in [0.3, 0.4) is 0 Å². The molecule has 0 spiro atoms. The molecule has 1 rings (SSSR count). The molecule has 2 unspecified atom stereocenters. The van der Waals surface area contributed by atoms with Gasteiger partial charge in [-0.05, 0) is 12.8 Å². The molecule has 0 bridgehead atoms. The van der Waals surface area contributed by atoms with Crippen LogP contribution in [0.15, 0.2) is 0 Å². The predicted molar refractivity (Wildman–Crippen MR) is 59.4 cm³/mol. The van der Waals surface area contributed by atoms with Crippen LogP contribution >= 0.6 is 0 Å². The fourth-order valence-electron chi connectivity index (χ4n) is 1.93. The Kier molecular flexibility index (Phi) is 5.05. The van der Waals surface area contributed by atoms with E-state index >= 15 is 0 Å². The van der Waals surface area contributed by atoms with Gasteiger partial charge < -0.3 is 15.4 Å². The van der Waals surface area contributed by atoms with E-state index in [2.05, 4.69) is 13.8 Å². The van der Waals surface area contributed by atoms with Gasteiger partial charge in [0.1, 0.15) is 0 Å². The summed E-state index contributed by atoms with van der Waals surface area (Å²) in [7, 11) is 0. The van der Waals surface area contributed by atoms with Gasteiger partial charge in [0, 0.05) is 19.1 Å². The van der Waals surface area contributed by atoms with Crippen LogP contribution in [0, 0.1) is 5.92 Å². The topological polar surface area (TPSA) is 55.6 Å². The van der Waals surface area contributed by atoms with Gasteiger partial charge in [0.2, 0.25) is 5.91 Å². The number of ether oxygens (including phenoxy) is 1. The molecule has 0 aromatic rings. The summed E-state index contributed by atoms with van der Waals surface area (Å²) in [6.45, 7) is 6.83. The Bertz CT molecular complexity index is 203. The monoisotopic (exact) mass is 214 g/mol. The first-order chi connectivity index (χ1) is 7.20. The summed E-state index contributed by atoms with van der Waals surface area (Å²) in [6.07, 6.45) is 1.99. The number of hydrogen-bond donors (Lipinski definition) is 1. The Morgan fingerprint density at radius 2 is 1.93 bits per heavy atom. The normalized spacial score (nSPS) is 25.5. The van der Waals surface area contributed by atoms with Crippen molar-refractivity contribution in [3.8, 4) is 0 Å². The van der Waals surface area contributed by atoms with Crippen molar-refractivity contribution in [2.24, 2.45) is 11.7 Å². The zero-order valence-electron chi connectivity index (χ0n) is 9.74. The summed E-state index contributed by atoms with van der Waals surface area (Å²) in [5, 5.41) is 0. The lowest BCUT2D eigenvalue weighted by atomic mass is 10.0. The number of carbonyl (C=O) groups excluding carboxylic acids is 1. The molecule has 1 amide bonds. The van der Waals surface area contributed by atoms with E-state index in [1.165, 1.54) is 0 Å². The molecule has 0 aromatic heterocycles. The molecule has 1 saturated heterocycles. The van der Waals surface area contributed by atoms with E-state index in [4.69, 9.17) is 10.5 Å². The molecule has 1 heterocycles. The summed E-state index contributed by atoms with van der Waals surface area (Å²) in [6, 6.07) is -0.117. The van der Waals surface area contributed by atoms with E-state index in [9.17, 15) is 4.79 Å². The van der Waals surface area contributed by atoms with Crippen LogP contribution in [0.5, 0.6) is 0 Å². The van der Waals surface area contributed by atoms with Crippen molar-refractivity contribution in [3.63, 3.8) is 0 Å². The average Bonchev–Trinajstić information content (AvgIpc) is 2.63. The first kappa shape index (κ1) is 12.5. The van der Waals surface area contributed by atoms with E-state index < -0.39 is 0 Å². The van der Waals surface area contributed by atoms with Crippen molar-refractivity contribution in [2.75, 3.05) is 26.3 Å². The van der Waals surface area contributed by atoms with Gasteiger partial charge in [0.25, 0.3) is 0 Å². The van der Waals surface area contributed by atoms with Crippen LogP contribution in [-0.2, 0) is 9.53 Å². The van der Waals surface area contributed by atoms with Crippen molar-refractivity contribution in [3.05, 3.63) is 0 Å². The molecule has 2 atom stereocenters. The van der Waals surface area contributed by atoms with Crippen molar-refractivity contribution in [1.82, 2.24) is 4.90 Å². The van der Waals surface area contributed by atoms with Crippen molar-refractivity contribution in [1.29, 1.82) is 0 Å². The van der Waals surface area contributed by atoms with E-state index in [1.54, 1.807) is 0 Å². The second-order valence-corrected chi connectivity index (χ2v) is 4.13. The molecule has 1 fully saturated rings. The van der Waals surface area contributed by atoms with E-state index in [-0.39, 0.29) is 17.9 Å². The fraction of sp³-hybridized carbons (Fsp3) is 0.909. The smallest absolute Gasteiger partial charge is 0.229 e. The van der Waals surface area contributed by atoms with Crippen molar-refractivity contribution in [2.45, 2.75) is 32.7 Å². The Morgan fingerprint density at radius 3 is 2.33 bits per heavy atom. The Labute approximate surface area is 91.8 Å². The van der Waals surface area contributed by atoms with Gasteiger partial charge in [0.15, 0.2) is 0 Å². The van der Waals surface area contributed by atoms with Gasteiger partial charge in [0.05, 0.1) is 19.1 Å². The molecule has 2 N–H and O–H groups in total. The molecular weight excluding hydrogens is 192 g/mol. The van der Waals surface area contributed by atoms with Crippen LogP contribution in [0.1, 0.15) is 26.7 Å². The van der Waals surface area contributed by atoms with Crippen LogP contribution < -0.4 is 5.73 Å². The minimum absolute atomic E-state index is 0.117. The summed E-state index contributed by atoms with van der Waals surface area (Å²) in [5.74, 6) is 0.0480. The zero-order chi connectivity index (χ0) is 11.3. The number of amides is 1. The van der Waals surface area contributed by atoms with E-state index in [0.29, 0.717) is 13.2 Å². The highest BCUT2D eigenvalue weighted by molar-refractivity contribution is 5.80. The molecule has 1 aliphatic heterocycles. The number of nitrogens with two attached hydrogens (primary N) is 1. The number of nitrogens with zero attached hydrogens (tertiary/aromatic N) is 1. The molecular formula is C11H22N2O2. The average molecular weight is 214 g/mol. The van der Waals surface area contributed by atoms with E-state index in [0.717, 1.165) is 25.9 Å². The van der Waals surface area contributed by atoms with Crippen molar-refractivity contribution < 1.29 is 9.53 Å². The third-order valence-electron chi connectivity index (χ3n) is 2.74. The highest BCUT2D eigenvalue weighted by Crippen LogP contribution is 2.15. The lowest BCUT2D eigenvalue weighted by Crippen LogP contribution is -2.44. The molecule has 0 aromatic carbocycles. The second-order valence-electron chi connectivity index (χ2n) is 4.13. The highest BCUT2D eigenvalue weighted by atomic mass is 16.5. The lowest BCUT2D eigenvalue weighted by molar-refractivity contribution is -0.135. The molecule has 4 nitrogen and oxygen atoms in total. The summed E-state index contributed by atoms with van der Waals surface area (Å²) in [5.41, 5.74) is 5.84. The predicted octanol–water partition coefficient (Wildman–Crippen LogP) is 0.609. The van der Waals surface area contributed by atoms with Crippen LogP contribution in [-0.4, -0.2) is 43.2 Å². The maximum Gasteiger partial charge on any atom is 0.229 e. The third-order valence-corrected chi connectivity index (χ3v) is 2.74. The fourth-order valence-corrected chi connectivity index (χ4v) is 1.93. The molecule has 0 radical (unpaired) electrons. The van der Waals surface area contributed by atoms with Gasteiger partial charge in [-0.1, -0.05) is 13.8 Å². The molecule has 88 valence electrons. The van der Waals surface area contributed by atoms with Crippen LogP contribution in [0.2, 0.25) is 0 Å². The first-order valence-electron chi connectivity index (χ1n) is 5.82. The Hall–Kier alpha value is -0.610. The first-order valence-corrected chi connectivity index (χ1v) is 5.82. The molecule has 1 aliphatic rings. The Morgan fingerprint density at radius 1 is 1.33 bits per heavy atom. The summed E-state index contributed by atoms with van der Waals surface area (Å²) >= 11 is 0. The van der Waals surface area contributed by atoms with E-state index in [1.807, 2.05) is 4.90 Å². The highest BCUT2D eigenvalue weighted by Gasteiger charge is 2.33. The quantitative estimate of drug-likeness (QED) is 0.729. The zero-order valence-corrected chi connectivity index (χ0v) is 9.74. The van der Waals surface area contributed by atoms with Crippen molar-refractivity contribution >= 4 is 5.91 Å². The van der Waals surface area contributed by atoms with Gasteiger partial charge in [-0.3, -0.25) is 4.79 Å². The number of rotatable bonds is 5. The van der Waals surface area contributed by atoms with Gasteiger partial charge >= 0.3 is 0 Å². The lowest BCUT2D eigenvalue weighted by Gasteiger charge is -2.25. The Balaban J connectivity index is 2.54. The maximum absolute atomic E-state index is 12.1. The molecule has 4 heteroatoms. The minimum Gasteiger partial charge on any atom is -0.379 e. The summed E-state index contributed by atoms with van der Waals surface area (Å²) < 4.78 is 5.22. The largest absolute Gasteiger partial charge is 0.379 e. The standard InChI is InChI=1S/C11H22N2O2/c1-3-5-13(6-4-2)11(14)9-7-15-8-10(9)12/h9-10H,3-8,12H2,1-2H3. The third kappa shape index (κ3) is 3.18. The van der Waals surface area contributed by atoms with Gasteiger partial charge in [-0.25, -0.2) is 0 Å². The second kappa shape index (κ2) is 6.08.